The smallest absolute Gasteiger partial charge is 0.272 e. The summed E-state index contributed by atoms with van der Waals surface area (Å²) < 4.78 is 7.84. The molecule has 164 valence electrons. The summed E-state index contributed by atoms with van der Waals surface area (Å²) in [5, 5.41) is 1.27. The molecule has 0 bridgehead atoms. The Morgan fingerprint density at radius 1 is 1.22 bits per heavy atom. The van der Waals surface area contributed by atoms with E-state index >= 15 is 0 Å². The molecule has 0 spiro atoms. The molecular formula is C24H22Cl2N4O2. The number of aromatic nitrogens is 3. The maximum absolute atomic E-state index is 13.4. The lowest BCUT2D eigenvalue weighted by Crippen LogP contribution is -2.40. The van der Waals surface area contributed by atoms with E-state index in [1.807, 2.05) is 42.2 Å². The van der Waals surface area contributed by atoms with Crippen LogP contribution in [0.15, 0.2) is 53.2 Å². The van der Waals surface area contributed by atoms with Crippen LogP contribution >= 0.6 is 23.2 Å². The van der Waals surface area contributed by atoms with Crippen LogP contribution in [0.2, 0.25) is 10.0 Å². The van der Waals surface area contributed by atoms with Crippen LogP contribution in [0.1, 0.15) is 52.2 Å². The van der Waals surface area contributed by atoms with Gasteiger partial charge in [0.05, 0.1) is 22.8 Å². The van der Waals surface area contributed by atoms with Crippen molar-refractivity contribution in [1.82, 2.24) is 19.3 Å². The molecule has 32 heavy (non-hydrogen) atoms. The normalized spacial score (nSPS) is 16.6. The molecule has 0 saturated carbocycles. The van der Waals surface area contributed by atoms with Gasteiger partial charge in [0.1, 0.15) is 17.1 Å². The average molecular weight is 469 g/mol. The van der Waals surface area contributed by atoms with Crippen molar-refractivity contribution >= 4 is 34.8 Å². The maximum Gasteiger partial charge on any atom is 0.272 e. The molecule has 4 aromatic rings. The quantitative estimate of drug-likeness (QED) is 0.393. The Hall–Kier alpha value is -2.83. The van der Waals surface area contributed by atoms with E-state index in [0.717, 1.165) is 24.2 Å². The second-order valence-electron chi connectivity index (χ2n) is 8.14. The summed E-state index contributed by atoms with van der Waals surface area (Å²) in [7, 11) is 0. The Kier molecular flexibility index (Phi) is 5.66. The Morgan fingerprint density at radius 3 is 2.91 bits per heavy atom. The third kappa shape index (κ3) is 4.00. The van der Waals surface area contributed by atoms with Gasteiger partial charge < -0.3 is 9.32 Å². The molecule has 5 rings (SSSR count). The summed E-state index contributed by atoms with van der Waals surface area (Å²) in [6.45, 7) is 3.10. The standard InChI is InChI=1S/C24H22Cl2N4O2/c1-15-22(30-14-18(25)8-9-21(30)28-15)24(31)29-10-4-6-17(13-29)23-27-12-19(32-23)11-16-5-2-3-7-20(16)26/h2-3,5,7-9,12,14,17H,4,6,10-11,13H2,1H3. The fourth-order valence-electron chi connectivity index (χ4n) is 4.33. The molecule has 1 fully saturated rings. The largest absolute Gasteiger partial charge is 0.445 e. The number of fused-ring (bicyclic) bond motifs is 1. The highest BCUT2D eigenvalue weighted by molar-refractivity contribution is 6.31. The van der Waals surface area contributed by atoms with Crippen molar-refractivity contribution in [2.75, 3.05) is 13.1 Å². The van der Waals surface area contributed by atoms with E-state index in [1.54, 1.807) is 22.9 Å². The minimum atomic E-state index is -0.0511. The number of halogens is 2. The number of rotatable bonds is 4. The minimum Gasteiger partial charge on any atom is -0.445 e. The van der Waals surface area contributed by atoms with Crippen LogP contribution in [0.25, 0.3) is 5.65 Å². The third-order valence-electron chi connectivity index (χ3n) is 5.91. The lowest BCUT2D eigenvalue weighted by Gasteiger charge is -2.31. The lowest BCUT2D eigenvalue weighted by atomic mass is 9.97. The topological polar surface area (TPSA) is 63.6 Å². The van der Waals surface area contributed by atoms with Crippen LogP contribution in [0, 0.1) is 6.92 Å². The summed E-state index contributed by atoms with van der Waals surface area (Å²) >= 11 is 12.4. The van der Waals surface area contributed by atoms with Gasteiger partial charge >= 0.3 is 0 Å². The molecule has 0 aliphatic carbocycles. The number of imidazole rings is 1. The Bertz CT molecular complexity index is 1300. The van der Waals surface area contributed by atoms with Crippen LogP contribution in [-0.2, 0) is 6.42 Å². The molecule has 6 nitrogen and oxygen atoms in total. The van der Waals surface area contributed by atoms with Crippen LogP contribution in [0.3, 0.4) is 0 Å². The van der Waals surface area contributed by atoms with Crippen LogP contribution in [-0.4, -0.2) is 38.3 Å². The number of likely N-dealkylation sites (tertiary alicyclic amines) is 1. The van der Waals surface area contributed by atoms with Crippen LogP contribution in [0.4, 0.5) is 0 Å². The van der Waals surface area contributed by atoms with E-state index in [2.05, 4.69) is 9.97 Å². The van der Waals surface area contributed by atoms with Gasteiger partial charge in [-0.25, -0.2) is 9.97 Å². The van der Waals surface area contributed by atoms with E-state index in [9.17, 15) is 4.79 Å². The molecule has 0 N–H and O–H groups in total. The van der Waals surface area contributed by atoms with Gasteiger partial charge in [-0.1, -0.05) is 41.4 Å². The predicted molar refractivity (Wildman–Crippen MR) is 124 cm³/mol. The summed E-state index contributed by atoms with van der Waals surface area (Å²) in [6.07, 6.45) is 5.89. The van der Waals surface area contributed by atoms with Gasteiger partial charge in [0.15, 0.2) is 5.89 Å². The van der Waals surface area contributed by atoms with Gasteiger partial charge in [-0.3, -0.25) is 9.20 Å². The monoisotopic (exact) mass is 468 g/mol. The summed E-state index contributed by atoms with van der Waals surface area (Å²) in [5.74, 6) is 1.44. The molecule has 1 amide bonds. The fourth-order valence-corrected chi connectivity index (χ4v) is 4.69. The zero-order valence-electron chi connectivity index (χ0n) is 17.6. The van der Waals surface area contributed by atoms with Gasteiger partial charge in [0.2, 0.25) is 0 Å². The number of nitrogens with zero attached hydrogens (tertiary/aromatic N) is 4. The number of piperidine rings is 1. The molecule has 4 heterocycles. The highest BCUT2D eigenvalue weighted by Crippen LogP contribution is 2.29. The van der Waals surface area contributed by atoms with Crippen molar-refractivity contribution in [3.8, 4) is 0 Å². The number of aryl methyl sites for hydroxylation is 1. The first-order valence-electron chi connectivity index (χ1n) is 10.6. The molecule has 1 aliphatic heterocycles. The van der Waals surface area contributed by atoms with Crippen molar-refractivity contribution < 1.29 is 9.21 Å². The Morgan fingerprint density at radius 2 is 2.06 bits per heavy atom. The summed E-state index contributed by atoms with van der Waals surface area (Å²) in [4.78, 5) is 24.3. The zero-order valence-corrected chi connectivity index (χ0v) is 19.1. The molecule has 1 saturated heterocycles. The third-order valence-corrected chi connectivity index (χ3v) is 6.50. The summed E-state index contributed by atoms with van der Waals surface area (Å²) in [6, 6.07) is 11.3. The predicted octanol–water partition coefficient (Wildman–Crippen LogP) is 5.55. The van der Waals surface area contributed by atoms with E-state index < -0.39 is 0 Å². The first-order valence-corrected chi connectivity index (χ1v) is 11.4. The molecule has 1 aromatic carbocycles. The first kappa shape index (κ1) is 21.0. The molecule has 1 atom stereocenters. The number of carbonyl (C=O) groups is 1. The maximum atomic E-state index is 13.4. The molecular weight excluding hydrogens is 447 g/mol. The number of carbonyl (C=O) groups excluding carboxylic acids is 1. The van der Waals surface area contributed by atoms with E-state index in [-0.39, 0.29) is 11.8 Å². The van der Waals surface area contributed by atoms with Gasteiger partial charge in [0.25, 0.3) is 5.91 Å². The number of benzene rings is 1. The SMILES string of the molecule is Cc1nc2ccc(Cl)cn2c1C(=O)N1CCCC(c2ncc(Cc3ccccc3Cl)o2)C1. The van der Waals surface area contributed by atoms with Crippen molar-refractivity contribution in [1.29, 1.82) is 0 Å². The Balaban J connectivity index is 1.35. The van der Waals surface area contributed by atoms with Crippen molar-refractivity contribution in [2.24, 2.45) is 0 Å². The lowest BCUT2D eigenvalue weighted by molar-refractivity contribution is 0.0690. The molecule has 8 heteroatoms. The van der Waals surface area contributed by atoms with Crippen molar-refractivity contribution in [2.45, 2.75) is 32.1 Å². The number of oxazole rings is 1. The highest BCUT2D eigenvalue weighted by Gasteiger charge is 2.30. The van der Waals surface area contributed by atoms with Gasteiger partial charge in [0, 0.05) is 30.7 Å². The number of hydrogen-bond acceptors (Lipinski definition) is 4. The highest BCUT2D eigenvalue weighted by atomic mass is 35.5. The fraction of sp³-hybridized carbons (Fsp3) is 0.292. The first-order chi connectivity index (χ1) is 15.5. The average Bonchev–Trinajstić information content (AvgIpc) is 3.38. The Labute approximate surface area is 195 Å². The molecule has 1 aliphatic rings. The van der Waals surface area contributed by atoms with E-state index in [0.29, 0.717) is 52.5 Å². The second kappa shape index (κ2) is 8.60. The van der Waals surface area contributed by atoms with Crippen LogP contribution in [0.5, 0.6) is 0 Å². The molecule has 1 unspecified atom stereocenters. The molecule has 3 aromatic heterocycles. The summed E-state index contributed by atoms with van der Waals surface area (Å²) in [5.41, 5.74) is 2.95. The number of amides is 1. The van der Waals surface area contributed by atoms with Crippen molar-refractivity contribution in [3.63, 3.8) is 0 Å². The van der Waals surface area contributed by atoms with Gasteiger partial charge in [-0.2, -0.15) is 0 Å². The second-order valence-corrected chi connectivity index (χ2v) is 8.99. The van der Waals surface area contributed by atoms with Gasteiger partial charge in [-0.05, 0) is 43.5 Å². The minimum absolute atomic E-state index is 0.0511. The van der Waals surface area contributed by atoms with E-state index in [4.69, 9.17) is 27.6 Å². The van der Waals surface area contributed by atoms with Gasteiger partial charge in [-0.15, -0.1) is 0 Å². The number of hydrogen-bond donors (Lipinski definition) is 0. The number of pyridine rings is 1. The van der Waals surface area contributed by atoms with Crippen LogP contribution < -0.4 is 0 Å². The van der Waals surface area contributed by atoms with Crippen molar-refractivity contribution in [3.05, 3.63) is 87.4 Å². The zero-order chi connectivity index (χ0) is 22.2. The molecule has 0 radical (unpaired) electrons. The van der Waals surface area contributed by atoms with E-state index in [1.165, 1.54) is 0 Å².